The summed E-state index contributed by atoms with van der Waals surface area (Å²) in [7, 11) is 2.21. The van der Waals surface area contributed by atoms with Gasteiger partial charge in [-0.1, -0.05) is 13.8 Å². The van der Waals surface area contributed by atoms with Gasteiger partial charge in [-0.15, -0.1) is 0 Å². The van der Waals surface area contributed by atoms with Crippen molar-refractivity contribution in [2.75, 3.05) is 53.0 Å². The minimum Gasteiger partial charge on any atom is -0.381 e. The molecule has 112 valence electrons. The zero-order valence-corrected chi connectivity index (χ0v) is 12.9. The van der Waals surface area contributed by atoms with Crippen molar-refractivity contribution in [3.8, 4) is 0 Å². The first-order chi connectivity index (χ1) is 9.08. The highest BCUT2D eigenvalue weighted by molar-refractivity contribution is 4.84. The molecule has 2 heterocycles. The fourth-order valence-corrected chi connectivity index (χ4v) is 3.32. The minimum atomic E-state index is 0.379. The van der Waals surface area contributed by atoms with Crippen LogP contribution in [0.1, 0.15) is 26.7 Å². The van der Waals surface area contributed by atoms with Crippen LogP contribution in [0.25, 0.3) is 0 Å². The lowest BCUT2D eigenvalue weighted by Crippen LogP contribution is -2.54. The number of hydrogen-bond donors (Lipinski definition) is 2. The van der Waals surface area contributed by atoms with Crippen molar-refractivity contribution in [3.05, 3.63) is 0 Å². The Bertz CT molecular complexity index is 264. The van der Waals surface area contributed by atoms with E-state index in [-0.39, 0.29) is 0 Å². The molecule has 2 rings (SSSR count). The number of nitrogens with one attached hydrogen (secondary N) is 2. The molecule has 0 bridgehead atoms. The molecule has 4 nitrogen and oxygen atoms in total. The van der Waals surface area contributed by atoms with Gasteiger partial charge in [-0.25, -0.2) is 0 Å². The number of likely N-dealkylation sites (N-methyl/N-ethyl adjacent to an activating group) is 1. The second-order valence-corrected chi connectivity index (χ2v) is 6.92. The molecule has 19 heavy (non-hydrogen) atoms. The second kappa shape index (κ2) is 7.02. The molecule has 0 amide bonds. The lowest BCUT2D eigenvalue weighted by atomic mass is 9.74. The molecule has 0 spiro atoms. The summed E-state index contributed by atoms with van der Waals surface area (Å²) in [5, 5.41) is 7.27. The molecule has 0 aromatic heterocycles. The van der Waals surface area contributed by atoms with Gasteiger partial charge >= 0.3 is 0 Å². The average molecular weight is 269 g/mol. The fraction of sp³-hybridized carbons (Fsp3) is 1.00. The van der Waals surface area contributed by atoms with Crippen LogP contribution in [-0.2, 0) is 4.74 Å². The largest absolute Gasteiger partial charge is 0.381 e. The van der Waals surface area contributed by atoms with Gasteiger partial charge in [-0.05, 0) is 31.2 Å². The minimum absolute atomic E-state index is 0.379. The molecule has 2 aliphatic heterocycles. The molecule has 1 atom stereocenters. The smallest absolute Gasteiger partial charge is 0.0468 e. The van der Waals surface area contributed by atoms with E-state index in [4.69, 9.17) is 4.74 Å². The number of hydrogen-bond acceptors (Lipinski definition) is 4. The zero-order valence-electron chi connectivity index (χ0n) is 12.9. The van der Waals surface area contributed by atoms with Crippen LogP contribution in [0.3, 0.4) is 0 Å². The topological polar surface area (TPSA) is 36.5 Å². The average Bonchev–Trinajstić information content (AvgIpc) is 2.40. The van der Waals surface area contributed by atoms with Crippen molar-refractivity contribution in [1.82, 2.24) is 15.5 Å². The predicted octanol–water partition coefficient (Wildman–Crippen LogP) is 0.932. The molecule has 2 aliphatic rings. The maximum absolute atomic E-state index is 5.47. The second-order valence-electron chi connectivity index (χ2n) is 6.92. The highest BCUT2D eigenvalue weighted by Gasteiger charge is 2.30. The Kier molecular flexibility index (Phi) is 5.63. The molecule has 0 radical (unpaired) electrons. The van der Waals surface area contributed by atoms with Gasteiger partial charge in [0.05, 0.1) is 0 Å². The van der Waals surface area contributed by atoms with Crippen LogP contribution >= 0.6 is 0 Å². The summed E-state index contributed by atoms with van der Waals surface area (Å²) in [6, 6.07) is 0.601. The van der Waals surface area contributed by atoms with E-state index >= 15 is 0 Å². The highest BCUT2D eigenvalue weighted by atomic mass is 16.5. The van der Waals surface area contributed by atoms with Gasteiger partial charge in [-0.2, -0.15) is 0 Å². The summed E-state index contributed by atoms with van der Waals surface area (Å²) in [4.78, 5) is 2.41. The Balaban J connectivity index is 1.68. The molecule has 2 saturated heterocycles. The third kappa shape index (κ3) is 4.71. The van der Waals surface area contributed by atoms with E-state index in [2.05, 4.69) is 36.4 Å². The van der Waals surface area contributed by atoms with Crippen molar-refractivity contribution in [1.29, 1.82) is 0 Å². The van der Waals surface area contributed by atoms with Crippen molar-refractivity contribution in [2.45, 2.75) is 32.7 Å². The molecule has 4 heteroatoms. The summed E-state index contributed by atoms with van der Waals surface area (Å²) < 4.78 is 5.47. The summed E-state index contributed by atoms with van der Waals surface area (Å²) in [5.41, 5.74) is 0.379. The molecular formula is C15H31N3O. The third-order valence-electron chi connectivity index (χ3n) is 4.76. The summed E-state index contributed by atoms with van der Waals surface area (Å²) in [5.74, 6) is 0.802. The van der Waals surface area contributed by atoms with E-state index in [1.807, 2.05) is 0 Å². The normalized spacial score (nSPS) is 27.6. The molecule has 0 aromatic rings. The van der Waals surface area contributed by atoms with Crippen LogP contribution < -0.4 is 10.6 Å². The van der Waals surface area contributed by atoms with Crippen LogP contribution in [0, 0.1) is 11.3 Å². The maximum atomic E-state index is 5.47. The van der Waals surface area contributed by atoms with Crippen LogP contribution in [0.4, 0.5) is 0 Å². The molecule has 0 aliphatic carbocycles. The van der Waals surface area contributed by atoms with E-state index < -0.39 is 0 Å². The third-order valence-corrected chi connectivity index (χ3v) is 4.76. The first-order valence-electron chi connectivity index (χ1n) is 7.78. The summed E-state index contributed by atoms with van der Waals surface area (Å²) in [6.45, 7) is 12.3. The van der Waals surface area contributed by atoms with Crippen LogP contribution in [0.5, 0.6) is 0 Å². The van der Waals surface area contributed by atoms with Gasteiger partial charge < -0.3 is 20.3 Å². The van der Waals surface area contributed by atoms with Gasteiger partial charge in [0.25, 0.3) is 0 Å². The van der Waals surface area contributed by atoms with Crippen molar-refractivity contribution < 1.29 is 4.74 Å². The molecule has 2 N–H and O–H groups in total. The quantitative estimate of drug-likeness (QED) is 0.778. The zero-order chi connectivity index (χ0) is 13.7. The van der Waals surface area contributed by atoms with Gasteiger partial charge in [0.1, 0.15) is 0 Å². The van der Waals surface area contributed by atoms with E-state index in [9.17, 15) is 0 Å². The molecule has 1 unspecified atom stereocenters. The van der Waals surface area contributed by atoms with E-state index in [0.29, 0.717) is 11.5 Å². The molecule has 0 aromatic carbocycles. The number of rotatable bonds is 5. The first-order valence-corrected chi connectivity index (χ1v) is 7.78. The van der Waals surface area contributed by atoms with Crippen LogP contribution in [-0.4, -0.2) is 63.9 Å². The Morgan fingerprint density at radius 3 is 2.74 bits per heavy atom. The van der Waals surface area contributed by atoms with E-state index in [1.54, 1.807) is 0 Å². The van der Waals surface area contributed by atoms with Gasteiger partial charge in [0.2, 0.25) is 0 Å². The van der Waals surface area contributed by atoms with Gasteiger partial charge in [-0.3, -0.25) is 0 Å². The van der Waals surface area contributed by atoms with Crippen molar-refractivity contribution in [3.63, 3.8) is 0 Å². The number of piperazine rings is 1. The first kappa shape index (κ1) is 15.2. The highest BCUT2D eigenvalue weighted by Crippen LogP contribution is 2.33. The standard InChI is InChI=1S/C15H31N3O/c1-15(2,13-4-8-19-9-5-13)12-16-10-14-11-18(3)7-6-17-14/h13-14,16-17H,4-12H2,1-3H3. The Morgan fingerprint density at radius 2 is 2.05 bits per heavy atom. The Hall–Kier alpha value is -0.160. The van der Waals surface area contributed by atoms with Gasteiger partial charge in [0, 0.05) is 52.0 Å². The van der Waals surface area contributed by atoms with E-state index in [0.717, 1.165) is 45.3 Å². The summed E-state index contributed by atoms with van der Waals surface area (Å²) >= 11 is 0. The Labute approximate surface area is 118 Å². The van der Waals surface area contributed by atoms with Gasteiger partial charge in [0.15, 0.2) is 0 Å². The maximum Gasteiger partial charge on any atom is 0.0468 e. The lowest BCUT2D eigenvalue weighted by Gasteiger charge is -2.38. The Morgan fingerprint density at radius 1 is 1.32 bits per heavy atom. The molecule has 0 saturated carbocycles. The number of ether oxygens (including phenoxy) is 1. The number of nitrogens with zero attached hydrogens (tertiary/aromatic N) is 1. The van der Waals surface area contributed by atoms with E-state index in [1.165, 1.54) is 19.4 Å². The fourth-order valence-electron chi connectivity index (χ4n) is 3.32. The lowest BCUT2D eigenvalue weighted by molar-refractivity contribution is 0.0225. The van der Waals surface area contributed by atoms with Crippen molar-refractivity contribution >= 4 is 0 Å². The monoisotopic (exact) mass is 269 g/mol. The van der Waals surface area contributed by atoms with Crippen molar-refractivity contribution in [2.24, 2.45) is 11.3 Å². The SMILES string of the molecule is CN1CCNC(CNCC(C)(C)C2CCOCC2)C1. The van der Waals surface area contributed by atoms with Crippen LogP contribution in [0.15, 0.2) is 0 Å². The summed E-state index contributed by atoms with van der Waals surface area (Å²) in [6.07, 6.45) is 2.44. The van der Waals surface area contributed by atoms with Crippen LogP contribution in [0.2, 0.25) is 0 Å². The molecular weight excluding hydrogens is 238 g/mol. The predicted molar refractivity (Wildman–Crippen MR) is 79.5 cm³/mol. The molecule has 2 fully saturated rings.